The van der Waals surface area contributed by atoms with Gasteiger partial charge in [-0.2, -0.15) is 0 Å². The van der Waals surface area contributed by atoms with Crippen LogP contribution in [0.1, 0.15) is 18.9 Å². The highest BCUT2D eigenvalue weighted by Gasteiger charge is 2.17. The Bertz CT molecular complexity index is 661. The van der Waals surface area contributed by atoms with Crippen LogP contribution < -0.4 is 14.8 Å². The van der Waals surface area contributed by atoms with Crippen molar-refractivity contribution in [3.8, 4) is 11.5 Å². The summed E-state index contributed by atoms with van der Waals surface area (Å²) in [7, 11) is 0. The van der Waals surface area contributed by atoms with Crippen molar-refractivity contribution in [1.29, 1.82) is 0 Å². The predicted octanol–water partition coefficient (Wildman–Crippen LogP) is 0.602. The van der Waals surface area contributed by atoms with Gasteiger partial charge in [-0.25, -0.2) is 0 Å². The van der Waals surface area contributed by atoms with Crippen LogP contribution in [-0.4, -0.2) is 74.3 Å². The van der Waals surface area contributed by atoms with Gasteiger partial charge in [-0.15, -0.1) is 0 Å². The van der Waals surface area contributed by atoms with Gasteiger partial charge in [0.2, 0.25) is 18.6 Å². The number of morpholine rings is 1. The first-order valence-electron chi connectivity index (χ1n) is 9.32. The maximum absolute atomic E-state index is 12.1. The molecule has 1 N–H and O–H groups in total. The van der Waals surface area contributed by atoms with E-state index in [0.717, 1.165) is 38.4 Å². The standard InChI is InChI=1S/C19H27N3O5/c1-15(23)22(13-16-2-3-17-18(12-16)27-14-26-17)6-4-19(24)20-5-7-21-8-10-25-11-9-21/h2-3,12H,4-11,13-14H2,1H3,(H,20,24). The first-order chi connectivity index (χ1) is 13.1. The van der Waals surface area contributed by atoms with Gasteiger partial charge >= 0.3 is 0 Å². The second kappa shape index (κ2) is 9.57. The van der Waals surface area contributed by atoms with E-state index in [2.05, 4.69) is 10.2 Å². The lowest BCUT2D eigenvalue weighted by molar-refractivity contribution is -0.130. The van der Waals surface area contributed by atoms with E-state index in [1.54, 1.807) is 4.90 Å². The number of hydrogen-bond donors (Lipinski definition) is 1. The summed E-state index contributed by atoms with van der Waals surface area (Å²) >= 11 is 0. The van der Waals surface area contributed by atoms with Crippen LogP contribution in [-0.2, 0) is 20.9 Å². The summed E-state index contributed by atoms with van der Waals surface area (Å²) in [6.07, 6.45) is 0.285. The van der Waals surface area contributed by atoms with Gasteiger partial charge < -0.3 is 24.4 Å². The van der Waals surface area contributed by atoms with Crippen molar-refractivity contribution in [1.82, 2.24) is 15.1 Å². The van der Waals surface area contributed by atoms with E-state index in [4.69, 9.17) is 14.2 Å². The molecule has 1 aromatic carbocycles. The Kier molecular flexibility index (Phi) is 6.89. The number of rotatable bonds is 8. The molecule has 2 heterocycles. The molecule has 3 rings (SSSR count). The Hall–Kier alpha value is -2.32. The Balaban J connectivity index is 1.41. The zero-order valence-corrected chi connectivity index (χ0v) is 15.7. The van der Waals surface area contributed by atoms with Crippen molar-refractivity contribution in [2.24, 2.45) is 0 Å². The highest BCUT2D eigenvalue weighted by atomic mass is 16.7. The van der Waals surface area contributed by atoms with E-state index in [9.17, 15) is 9.59 Å². The molecule has 0 radical (unpaired) electrons. The van der Waals surface area contributed by atoms with E-state index in [1.807, 2.05) is 18.2 Å². The molecular weight excluding hydrogens is 350 g/mol. The lowest BCUT2D eigenvalue weighted by Gasteiger charge is -2.26. The second-order valence-electron chi connectivity index (χ2n) is 6.68. The fourth-order valence-electron chi connectivity index (χ4n) is 3.11. The molecule has 8 heteroatoms. The number of benzene rings is 1. The van der Waals surface area contributed by atoms with E-state index in [0.29, 0.717) is 31.1 Å². The molecule has 1 aromatic rings. The molecule has 0 unspecified atom stereocenters. The van der Waals surface area contributed by atoms with Crippen LogP contribution in [0.2, 0.25) is 0 Å². The van der Waals surface area contributed by atoms with Crippen LogP contribution in [0.5, 0.6) is 11.5 Å². The number of carbonyl (C=O) groups excluding carboxylic acids is 2. The van der Waals surface area contributed by atoms with Crippen molar-refractivity contribution in [2.75, 3.05) is 52.7 Å². The molecule has 1 fully saturated rings. The van der Waals surface area contributed by atoms with Crippen molar-refractivity contribution in [3.63, 3.8) is 0 Å². The molecule has 1 saturated heterocycles. The smallest absolute Gasteiger partial charge is 0.231 e. The maximum atomic E-state index is 12.1. The third-order valence-electron chi connectivity index (χ3n) is 4.72. The van der Waals surface area contributed by atoms with Gasteiger partial charge in [0.15, 0.2) is 11.5 Å². The van der Waals surface area contributed by atoms with E-state index in [1.165, 1.54) is 6.92 Å². The first-order valence-corrected chi connectivity index (χ1v) is 9.32. The number of hydrogen-bond acceptors (Lipinski definition) is 6. The minimum atomic E-state index is -0.0613. The Morgan fingerprint density at radius 1 is 1.19 bits per heavy atom. The van der Waals surface area contributed by atoms with Crippen LogP contribution in [0.3, 0.4) is 0 Å². The largest absolute Gasteiger partial charge is 0.454 e. The van der Waals surface area contributed by atoms with Gasteiger partial charge in [-0.1, -0.05) is 6.07 Å². The molecule has 2 aliphatic rings. The summed E-state index contributed by atoms with van der Waals surface area (Å²) in [6.45, 7) is 7.31. The molecule has 0 bridgehead atoms. The lowest BCUT2D eigenvalue weighted by atomic mass is 10.2. The molecule has 0 aromatic heterocycles. The fourth-order valence-corrected chi connectivity index (χ4v) is 3.11. The highest BCUT2D eigenvalue weighted by Crippen LogP contribution is 2.32. The average Bonchev–Trinajstić information content (AvgIpc) is 3.13. The van der Waals surface area contributed by atoms with Crippen LogP contribution in [0.4, 0.5) is 0 Å². The molecule has 0 spiro atoms. The number of fused-ring (bicyclic) bond motifs is 1. The molecular formula is C19H27N3O5. The van der Waals surface area contributed by atoms with Crippen LogP contribution >= 0.6 is 0 Å². The zero-order chi connectivity index (χ0) is 19.1. The van der Waals surface area contributed by atoms with Gasteiger partial charge in [0, 0.05) is 52.6 Å². The summed E-state index contributed by atoms with van der Waals surface area (Å²) in [6, 6.07) is 5.63. The maximum Gasteiger partial charge on any atom is 0.231 e. The number of ether oxygens (including phenoxy) is 3. The van der Waals surface area contributed by atoms with Crippen LogP contribution in [0, 0.1) is 0 Å². The molecule has 2 aliphatic heterocycles. The lowest BCUT2D eigenvalue weighted by Crippen LogP contribution is -2.41. The molecule has 148 valence electrons. The van der Waals surface area contributed by atoms with Gasteiger partial charge in [0.1, 0.15) is 0 Å². The second-order valence-corrected chi connectivity index (χ2v) is 6.68. The van der Waals surface area contributed by atoms with Crippen molar-refractivity contribution < 1.29 is 23.8 Å². The summed E-state index contributed by atoms with van der Waals surface area (Å²) < 4.78 is 16.0. The number of carbonyl (C=O) groups is 2. The van der Waals surface area contributed by atoms with Gasteiger partial charge in [-0.3, -0.25) is 14.5 Å². The third kappa shape index (κ3) is 5.83. The molecule has 0 saturated carbocycles. The zero-order valence-electron chi connectivity index (χ0n) is 15.7. The molecule has 0 atom stereocenters. The molecule has 27 heavy (non-hydrogen) atoms. The Morgan fingerprint density at radius 3 is 2.74 bits per heavy atom. The minimum absolute atomic E-state index is 0.0415. The molecule has 0 aliphatic carbocycles. The number of amides is 2. The fraction of sp³-hybridized carbons (Fsp3) is 0.579. The predicted molar refractivity (Wildman–Crippen MR) is 98.5 cm³/mol. The molecule has 8 nitrogen and oxygen atoms in total. The van der Waals surface area contributed by atoms with E-state index in [-0.39, 0.29) is 25.0 Å². The minimum Gasteiger partial charge on any atom is -0.454 e. The highest BCUT2D eigenvalue weighted by molar-refractivity contribution is 5.78. The third-order valence-corrected chi connectivity index (χ3v) is 4.72. The van der Waals surface area contributed by atoms with Gasteiger partial charge in [0.25, 0.3) is 0 Å². The summed E-state index contributed by atoms with van der Waals surface area (Å²) in [5, 5.41) is 2.93. The van der Waals surface area contributed by atoms with Crippen molar-refractivity contribution in [3.05, 3.63) is 23.8 Å². The van der Waals surface area contributed by atoms with Crippen LogP contribution in [0.15, 0.2) is 18.2 Å². The van der Waals surface area contributed by atoms with Crippen LogP contribution in [0.25, 0.3) is 0 Å². The Morgan fingerprint density at radius 2 is 1.96 bits per heavy atom. The Labute approximate surface area is 159 Å². The van der Waals surface area contributed by atoms with Crippen molar-refractivity contribution in [2.45, 2.75) is 19.9 Å². The normalized spacial score (nSPS) is 16.2. The SMILES string of the molecule is CC(=O)N(CCC(=O)NCCN1CCOCC1)Cc1ccc2c(c1)OCO2. The van der Waals surface area contributed by atoms with Crippen molar-refractivity contribution >= 4 is 11.8 Å². The van der Waals surface area contributed by atoms with E-state index >= 15 is 0 Å². The van der Waals surface area contributed by atoms with Gasteiger partial charge in [-0.05, 0) is 17.7 Å². The number of nitrogens with zero attached hydrogens (tertiary/aromatic N) is 2. The van der Waals surface area contributed by atoms with Gasteiger partial charge in [0.05, 0.1) is 13.2 Å². The summed E-state index contributed by atoms with van der Waals surface area (Å²) in [5.41, 5.74) is 0.946. The first kappa shape index (κ1) is 19.4. The average molecular weight is 377 g/mol. The topological polar surface area (TPSA) is 80.3 Å². The molecule has 2 amide bonds. The quantitative estimate of drug-likeness (QED) is 0.715. The monoisotopic (exact) mass is 377 g/mol. The van der Waals surface area contributed by atoms with E-state index < -0.39 is 0 Å². The summed E-state index contributed by atoms with van der Waals surface area (Å²) in [5.74, 6) is 1.30. The number of nitrogens with one attached hydrogen (secondary N) is 1. The summed E-state index contributed by atoms with van der Waals surface area (Å²) in [4.78, 5) is 28.0.